The van der Waals surface area contributed by atoms with Crippen LogP contribution in [0.2, 0.25) is 0 Å². The Labute approximate surface area is 108 Å². The molecular formula is C11H15FN2OS2. The van der Waals surface area contributed by atoms with E-state index in [9.17, 15) is 9.18 Å². The van der Waals surface area contributed by atoms with Crippen LogP contribution in [0.5, 0.6) is 0 Å². The number of nitrogens with one attached hydrogen (secondary N) is 1. The van der Waals surface area contributed by atoms with Crippen LogP contribution < -0.4 is 5.56 Å². The van der Waals surface area contributed by atoms with E-state index in [1.807, 2.05) is 11.8 Å². The summed E-state index contributed by atoms with van der Waals surface area (Å²) in [7, 11) is 0. The van der Waals surface area contributed by atoms with Crippen molar-refractivity contribution in [1.82, 2.24) is 9.97 Å². The van der Waals surface area contributed by atoms with Gasteiger partial charge in [0.15, 0.2) is 0 Å². The summed E-state index contributed by atoms with van der Waals surface area (Å²) in [5, 5.41) is 1.26. The van der Waals surface area contributed by atoms with Crippen molar-refractivity contribution >= 4 is 23.5 Å². The summed E-state index contributed by atoms with van der Waals surface area (Å²) in [6.07, 6.45) is 0. The standard InChI is InChI=1S/C11H15FN2OS2/c1-5-9(12)11(15)14-10(13-5)8-4-16-6(2)7(3)17-8/h6-8H,4H2,1-3H3,(H,13,14,15). The molecule has 17 heavy (non-hydrogen) atoms. The third kappa shape index (κ3) is 2.68. The number of rotatable bonds is 1. The van der Waals surface area contributed by atoms with Crippen molar-refractivity contribution in [1.29, 1.82) is 0 Å². The number of hydrogen-bond acceptors (Lipinski definition) is 4. The lowest BCUT2D eigenvalue weighted by Crippen LogP contribution is -2.26. The maximum absolute atomic E-state index is 13.2. The van der Waals surface area contributed by atoms with Crippen LogP contribution in [0.3, 0.4) is 0 Å². The van der Waals surface area contributed by atoms with Gasteiger partial charge in [0.2, 0.25) is 5.82 Å². The van der Waals surface area contributed by atoms with Crippen molar-refractivity contribution in [2.24, 2.45) is 0 Å². The molecule has 3 nitrogen and oxygen atoms in total. The predicted octanol–water partition coefficient (Wildman–Crippen LogP) is 2.52. The van der Waals surface area contributed by atoms with Gasteiger partial charge in [-0.15, -0.1) is 11.8 Å². The van der Waals surface area contributed by atoms with Gasteiger partial charge < -0.3 is 4.98 Å². The molecule has 0 spiro atoms. The molecule has 1 aliphatic heterocycles. The van der Waals surface area contributed by atoms with Crippen LogP contribution in [0.4, 0.5) is 4.39 Å². The second-order valence-corrected chi connectivity index (χ2v) is 7.21. The molecule has 94 valence electrons. The van der Waals surface area contributed by atoms with E-state index in [1.165, 1.54) is 6.92 Å². The molecule has 3 unspecified atom stereocenters. The Bertz CT molecular complexity index is 477. The first-order valence-corrected chi connectivity index (χ1v) is 7.51. The molecule has 1 N–H and O–H groups in total. The highest BCUT2D eigenvalue weighted by Gasteiger charge is 2.28. The Morgan fingerprint density at radius 1 is 1.41 bits per heavy atom. The fourth-order valence-corrected chi connectivity index (χ4v) is 4.54. The molecule has 0 radical (unpaired) electrons. The zero-order valence-electron chi connectivity index (χ0n) is 9.99. The summed E-state index contributed by atoms with van der Waals surface area (Å²) >= 11 is 3.66. The first kappa shape index (κ1) is 13.0. The molecule has 2 rings (SSSR count). The van der Waals surface area contributed by atoms with Crippen molar-refractivity contribution in [2.45, 2.75) is 36.5 Å². The first-order chi connectivity index (χ1) is 7.99. The zero-order chi connectivity index (χ0) is 12.6. The largest absolute Gasteiger partial charge is 0.307 e. The molecule has 0 bridgehead atoms. The van der Waals surface area contributed by atoms with Gasteiger partial charge in [-0.25, -0.2) is 4.98 Å². The number of H-pyrrole nitrogens is 1. The molecule has 1 saturated heterocycles. The summed E-state index contributed by atoms with van der Waals surface area (Å²) in [6, 6.07) is 0. The summed E-state index contributed by atoms with van der Waals surface area (Å²) in [5.74, 6) is 0.735. The van der Waals surface area contributed by atoms with Gasteiger partial charge >= 0.3 is 0 Å². The van der Waals surface area contributed by atoms with Gasteiger partial charge in [-0.2, -0.15) is 16.2 Å². The molecule has 2 heterocycles. The van der Waals surface area contributed by atoms with E-state index >= 15 is 0 Å². The van der Waals surface area contributed by atoms with Gasteiger partial charge in [-0.3, -0.25) is 4.79 Å². The predicted molar refractivity (Wildman–Crippen MR) is 71.3 cm³/mol. The lowest BCUT2D eigenvalue weighted by atomic mass is 10.3. The van der Waals surface area contributed by atoms with E-state index in [-0.39, 0.29) is 10.9 Å². The van der Waals surface area contributed by atoms with Gasteiger partial charge in [0.1, 0.15) is 5.82 Å². The monoisotopic (exact) mass is 274 g/mol. The van der Waals surface area contributed by atoms with Crippen LogP contribution in [0, 0.1) is 12.7 Å². The van der Waals surface area contributed by atoms with Gasteiger partial charge in [-0.05, 0) is 6.92 Å². The number of nitrogens with zero attached hydrogens (tertiary/aromatic N) is 1. The summed E-state index contributed by atoms with van der Waals surface area (Å²) < 4.78 is 13.2. The Morgan fingerprint density at radius 2 is 2.12 bits per heavy atom. The minimum atomic E-state index is -0.774. The van der Waals surface area contributed by atoms with Crippen molar-refractivity contribution in [3.05, 3.63) is 27.7 Å². The Morgan fingerprint density at radius 3 is 2.71 bits per heavy atom. The average molecular weight is 274 g/mol. The van der Waals surface area contributed by atoms with E-state index in [1.54, 1.807) is 11.8 Å². The van der Waals surface area contributed by atoms with Crippen LogP contribution >= 0.6 is 23.5 Å². The van der Waals surface area contributed by atoms with Crippen LogP contribution in [0.25, 0.3) is 0 Å². The Kier molecular flexibility index (Phi) is 3.82. The van der Waals surface area contributed by atoms with Crippen molar-refractivity contribution in [3.8, 4) is 0 Å². The number of aromatic amines is 1. The van der Waals surface area contributed by atoms with Crippen LogP contribution in [0.1, 0.15) is 30.6 Å². The fourth-order valence-electron chi connectivity index (χ4n) is 1.67. The smallest absolute Gasteiger partial charge is 0.287 e. The molecule has 1 aromatic rings. The highest BCUT2D eigenvalue weighted by Crippen LogP contribution is 2.42. The lowest BCUT2D eigenvalue weighted by molar-refractivity contribution is 0.582. The van der Waals surface area contributed by atoms with Crippen LogP contribution in [-0.4, -0.2) is 26.2 Å². The zero-order valence-corrected chi connectivity index (χ0v) is 11.6. The van der Waals surface area contributed by atoms with Gasteiger partial charge in [0, 0.05) is 16.3 Å². The van der Waals surface area contributed by atoms with Gasteiger partial charge in [-0.1, -0.05) is 13.8 Å². The van der Waals surface area contributed by atoms with Crippen LogP contribution in [0.15, 0.2) is 4.79 Å². The van der Waals surface area contributed by atoms with Gasteiger partial charge in [0.05, 0.1) is 10.9 Å². The van der Waals surface area contributed by atoms with Gasteiger partial charge in [0.25, 0.3) is 5.56 Å². The fraction of sp³-hybridized carbons (Fsp3) is 0.636. The van der Waals surface area contributed by atoms with Crippen LogP contribution in [-0.2, 0) is 0 Å². The number of hydrogen-bond donors (Lipinski definition) is 1. The molecule has 1 aliphatic rings. The molecule has 1 aromatic heterocycles. The summed E-state index contributed by atoms with van der Waals surface area (Å²) in [5.41, 5.74) is -0.481. The normalized spacial score (nSPS) is 29.3. The van der Waals surface area contributed by atoms with E-state index in [0.29, 0.717) is 16.3 Å². The topological polar surface area (TPSA) is 45.8 Å². The molecule has 1 fully saturated rings. The minimum Gasteiger partial charge on any atom is -0.307 e. The van der Waals surface area contributed by atoms with E-state index < -0.39 is 11.4 Å². The highest BCUT2D eigenvalue weighted by molar-refractivity contribution is 8.07. The number of thioether (sulfide) groups is 2. The lowest BCUT2D eigenvalue weighted by Gasteiger charge is -2.30. The third-order valence-electron chi connectivity index (χ3n) is 2.90. The van der Waals surface area contributed by atoms with E-state index in [4.69, 9.17) is 0 Å². The molecule has 0 aromatic carbocycles. The van der Waals surface area contributed by atoms with Crippen molar-refractivity contribution in [2.75, 3.05) is 5.75 Å². The van der Waals surface area contributed by atoms with Crippen molar-refractivity contribution < 1.29 is 4.39 Å². The van der Waals surface area contributed by atoms with Crippen molar-refractivity contribution in [3.63, 3.8) is 0 Å². The highest BCUT2D eigenvalue weighted by atomic mass is 32.2. The maximum atomic E-state index is 13.2. The molecule has 3 atom stereocenters. The maximum Gasteiger partial charge on any atom is 0.287 e. The Balaban J connectivity index is 2.26. The summed E-state index contributed by atoms with van der Waals surface area (Å²) in [4.78, 5) is 18.1. The third-order valence-corrected chi connectivity index (χ3v) is 6.30. The second-order valence-electron chi connectivity index (χ2n) is 4.22. The Hall–Kier alpha value is -0.490. The minimum absolute atomic E-state index is 0.151. The quantitative estimate of drug-likeness (QED) is 0.854. The number of aryl methyl sites for hydroxylation is 1. The number of halogens is 1. The molecule has 0 aliphatic carbocycles. The summed E-state index contributed by atoms with van der Waals surface area (Å²) in [6.45, 7) is 5.90. The first-order valence-electron chi connectivity index (χ1n) is 5.52. The number of aromatic nitrogens is 2. The second kappa shape index (κ2) is 5.02. The molecule has 0 saturated carbocycles. The SMILES string of the molecule is Cc1nc(C2CSC(C)C(C)S2)[nH]c(=O)c1F. The van der Waals surface area contributed by atoms with E-state index in [2.05, 4.69) is 23.8 Å². The molecule has 0 amide bonds. The van der Waals surface area contributed by atoms with E-state index in [0.717, 1.165) is 5.75 Å². The molecule has 6 heteroatoms. The molecular weight excluding hydrogens is 259 g/mol. The average Bonchev–Trinajstić information content (AvgIpc) is 2.29.